The van der Waals surface area contributed by atoms with Crippen LogP contribution in [0.15, 0.2) is 24.3 Å². The fourth-order valence-corrected chi connectivity index (χ4v) is 2.43. The highest BCUT2D eigenvalue weighted by Gasteiger charge is 2.36. The van der Waals surface area contributed by atoms with E-state index in [4.69, 9.17) is 10.5 Å². The van der Waals surface area contributed by atoms with E-state index in [-0.39, 0.29) is 30.8 Å². The van der Waals surface area contributed by atoms with E-state index in [2.05, 4.69) is 5.32 Å². The minimum absolute atomic E-state index is 0. The zero-order valence-corrected chi connectivity index (χ0v) is 14.3. The number of anilines is 1. The van der Waals surface area contributed by atoms with Gasteiger partial charge in [0.05, 0.1) is 5.54 Å². The Morgan fingerprint density at radius 2 is 1.96 bits per heavy atom. The number of ether oxygens (including phenoxy) is 1. The molecule has 2 rings (SSSR count). The Labute approximate surface area is 142 Å². The van der Waals surface area contributed by atoms with Crippen molar-refractivity contribution in [3.05, 3.63) is 24.3 Å². The molecule has 1 aromatic carbocycles. The van der Waals surface area contributed by atoms with Crippen molar-refractivity contribution in [3.63, 3.8) is 0 Å². The zero-order chi connectivity index (χ0) is 16.2. The summed E-state index contributed by atoms with van der Waals surface area (Å²) in [7, 11) is 3.34. The molecular weight excluding hydrogens is 318 g/mol. The largest absolute Gasteiger partial charge is 0.484 e. The van der Waals surface area contributed by atoms with E-state index in [1.807, 2.05) is 0 Å². The third-order valence-electron chi connectivity index (χ3n) is 3.90. The molecule has 1 fully saturated rings. The van der Waals surface area contributed by atoms with Crippen molar-refractivity contribution in [2.24, 2.45) is 5.73 Å². The quantitative estimate of drug-likeness (QED) is 0.855. The lowest BCUT2D eigenvalue weighted by Crippen LogP contribution is -2.48. The van der Waals surface area contributed by atoms with E-state index in [0.29, 0.717) is 24.3 Å². The van der Waals surface area contributed by atoms with Gasteiger partial charge in [0.2, 0.25) is 5.91 Å². The number of rotatable bonds is 5. The van der Waals surface area contributed by atoms with Crippen LogP contribution in [0.1, 0.15) is 25.7 Å². The molecule has 2 amide bonds. The van der Waals surface area contributed by atoms with E-state index in [1.54, 1.807) is 38.4 Å². The van der Waals surface area contributed by atoms with Gasteiger partial charge in [-0.15, -0.1) is 12.4 Å². The highest BCUT2D eigenvalue weighted by Crippen LogP contribution is 2.28. The molecule has 0 spiro atoms. The number of carbonyl (C=O) groups is 2. The lowest BCUT2D eigenvalue weighted by atomic mass is 9.98. The van der Waals surface area contributed by atoms with Gasteiger partial charge in [-0.3, -0.25) is 9.59 Å². The number of nitrogens with two attached hydrogens (primary N) is 1. The van der Waals surface area contributed by atoms with E-state index in [0.717, 1.165) is 12.8 Å². The molecular formula is C16H24ClN3O3. The second-order valence-electron chi connectivity index (χ2n) is 5.92. The normalized spacial score (nSPS) is 15.4. The number of nitrogens with zero attached hydrogens (tertiary/aromatic N) is 1. The number of likely N-dealkylation sites (N-methyl/N-ethyl adjacent to an activating group) is 1. The first-order valence-corrected chi connectivity index (χ1v) is 7.44. The Kier molecular flexibility index (Phi) is 6.84. The topological polar surface area (TPSA) is 84.7 Å². The SMILES string of the molecule is CN(C)C(=O)COc1cccc(NC(=O)C2(N)CCCC2)c1.Cl. The van der Waals surface area contributed by atoms with Crippen LogP contribution in [-0.2, 0) is 9.59 Å². The molecule has 6 nitrogen and oxygen atoms in total. The molecule has 0 atom stereocenters. The maximum Gasteiger partial charge on any atom is 0.259 e. The Balaban J connectivity index is 0.00000264. The molecule has 0 unspecified atom stereocenters. The Hall–Kier alpha value is -1.79. The Morgan fingerprint density at radius 3 is 2.57 bits per heavy atom. The maximum absolute atomic E-state index is 12.3. The van der Waals surface area contributed by atoms with Crippen molar-refractivity contribution >= 4 is 29.9 Å². The van der Waals surface area contributed by atoms with Crippen LogP contribution < -0.4 is 15.8 Å². The molecule has 0 aromatic heterocycles. The average Bonchev–Trinajstić information content (AvgIpc) is 2.93. The first-order valence-electron chi connectivity index (χ1n) is 7.44. The highest BCUT2D eigenvalue weighted by atomic mass is 35.5. The van der Waals surface area contributed by atoms with Crippen LogP contribution >= 0.6 is 12.4 Å². The monoisotopic (exact) mass is 341 g/mol. The Morgan fingerprint density at radius 1 is 1.30 bits per heavy atom. The van der Waals surface area contributed by atoms with Gasteiger partial charge in [-0.1, -0.05) is 18.9 Å². The number of hydrogen-bond donors (Lipinski definition) is 2. The summed E-state index contributed by atoms with van der Waals surface area (Å²) < 4.78 is 5.43. The smallest absolute Gasteiger partial charge is 0.259 e. The Bertz CT molecular complexity index is 557. The van der Waals surface area contributed by atoms with Gasteiger partial charge in [-0.25, -0.2) is 0 Å². The van der Waals surface area contributed by atoms with Crippen molar-refractivity contribution < 1.29 is 14.3 Å². The lowest BCUT2D eigenvalue weighted by molar-refractivity contribution is -0.130. The molecule has 23 heavy (non-hydrogen) atoms. The zero-order valence-electron chi connectivity index (χ0n) is 13.5. The predicted octanol–water partition coefficient (Wildman–Crippen LogP) is 1.79. The molecule has 0 aliphatic heterocycles. The van der Waals surface area contributed by atoms with E-state index >= 15 is 0 Å². The summed E-state index contributed by atoms with van der Waals surface area (Å²) in [4.78, 5) is 25.2. The van der Waals surface area contributed by atoms with E-state index < -0.39 is 5.54 Å². The first kappa shape index (κ1) is 19.3. The molecule has 1 aromatic rings. The van der Waals surface area contributed by atoms with Gasteiger partial charge in [-0.05, 0) is 25.0 Å². The summed E-state index contributed by atoms with van der Waals surface area (Å²) in [5.41, 5.74) is 5.98. The van der Waals surface area contributed by atoms with Crippen molar-refractivity contribution in [1.29, 1.82) is 0 Å². The molecule has 0 saturated heterocycles. The summed E-state index contributed by atoms with van der Waals surface area (Å²) in [6, 6.07) is 6.98. The van der Waals surface area contributed by atoms with Gasteiger partial charge in [-0.2, -0.15) is 0 Å². The maximum atomic E-state index is 12.3. The number of benzene rings is 1. The minimum Gasteiger partial charge on any atom is -0.484 e. The van der Waals surface area contributed by atoms with Gasteiger partial charge < -0.3 is 20.7 Å². The minimum atomic E-state index is -0.766. The number of amides is 2. The molecule has 0 radical (unpaired) electrons. The summed E-state index contributed by atoms with van der Waals surface area (Å²) in [6.07, 6.45) is 3.40. The van der Waals surface area contributed by atoms with Crippen LogP contribution in [0.4, 0.5) is 5.69 Å². The van der Waals surface area contributed by atoms with Crippen LogP contribution in [0, 0.1) is 0 Å². The first-order chi connectivity index (χ1) is 10.4. The molecule has 1 aliphatic rings. The summed E-state index contributed by atoms with van der Waals surface area (Å²) in [5, 5.41) is 2.84. The fraction of sp³-hybridized carbons (Fsp3) is 0.500. The van der Waals surface area contributed by atoms with Gasteiger partial charge in [0.1, 0.15) is 5.75 Å². The van der Waals surface area contributed by atoms with E-state index in [1.165, 1.54) is 4.90 Å². The summed E-state index contributed by atoms with van der Waals surface area (Å²) in [5.74, 6) is 0.248. The van der Waals surface area contributed by atoms with Gasteiger partial charge in [0.25, 0.3) is 5.91 Å². The average molecular weight is 342 g/mol. The van der Waals surface area contributed by atoms with Crippen molar-refractivity contribution in [3.8, 4) is 5.75 Å². The van der Waals surface area contributed by atoms with Gasteiger partial charge in [0, 0.05) is 25.8 Å². The number of carbonyl (C=O) groups excluding carboxylic acids is 2. The van der Waals surface area contributed by atoms with E-state index in [9.17, 15) is 9.59 Å². The number of nitrogens with one attached hydrogen (secondary N) is 1. The predicted molar refractivity (Wildman–Crippen MR) is 91.9 cm³/mol. The molecule has 1 saturated carbocycles. The van der Waals surface area contributed by atoms with Crippen LogP contribution in [0.3, 0.4) is 0 Å². The third-order valence-corrected chi connectivity index (χ3v) is 3.90. The second-order valence-corrected chi connectivity index (χ2v) is 5.92. The molecule has 3 N–H and O–H groups in total. The van der Waals surface area contributed by atoms with Crippen molar-refractivity contribution in [1.82, 2.24) is 4.90 Å². The van der Waals surface area contributed by atoms with Gasteiger partial charge >= 0.3 is 0 Å². The molecule has 128 valence electrons. The highest BCUT2D eigenvalue weighted by molar-refractivity contribution is 5.98. The fourth-order valence-electron chi connectivity index (χ4n) is 2.43. The van der Waals surface area contributed by atoms with Crippen molar-refractivity contribution in [2.45, 2.75) is 31.2 Å². The lowest BCUT2D eigenvalue weighted by Gasteiger charge is -2.22. The molecule has 1 aliphatic carbocycles. The van der Waals surface area contributed by atoms with Gasteiger partial charge in [0.15, 0.2) is 6.61 Å². The standard InChI is InChI=1S/C16H23N3O3.ClH/c1-19(2)14(20)11-22-13-7-5-6-12(10-13)18-15(21)16(17)8-3-4-9-16;/h5-7,10H,3-4,8-9,11,17H2,1-2H3,(H,18,21);1H. The van der Waals surface area contributed by atoms with Crippen LogP contribution in [0.25, 0.3) is 0 Å². The summed E-state index contributed by atoms with van der Waals surface area (Å²) >= 11 is 0. The molecule has 0 bridgehead atoms. The van der Waals surface area contributed by atoms with Crippen LogP contribution in [-0.4, -0.2) is 43.0 Å². The summed E-state index contributed by atoms with van der Waals surface area (Å²) in [6.45, 7) is -0.0365. The number of hydrogen-bond acceptors (Lipinski definition) is 4. The third kappa shape index (κ3) is 5.11. The van der Waals surface area contributed by atoms with Crippen molar-refractivity contribution in [2.75, 3.05) is 26.0 Å². The second kappa shape index (κ2) is 8.17. The van der Waals surface area contributed by atoms with Crippen LogP contribution in [0.2, 0.25) is 0 Å². The molecule has 0 heterocycles. The van der Waals surface area contributed by atoms with Crippen LogP contribution in [0.5, 0.6) is 5.75 Å². The molecule has 7 heteroatoms. The number of halogens is 1.